The van der Waals surface area contributed by atoms with E-state index in [0.29, 0.717) is 0 Å². The van der Waals surface area contributed by atoms with Crippen molar-refractivity contribution in [3.63, 3.8) is 0 Å². The lowest BCUT2D eigenvalue weighted by Crippen LogP contribution is -3.00. The van der Waals surface area contributed by atoms with Crippen LogP contribution in [0, 0.1) is 0 Å². The molecule has 1 N–H and O–H groups in total. The Morgan fingerprint density at radius 1 is 1.50 bits per heavy atom. The van der Waals surface area contributed by atoms with Gasteiger partial charge in [-0.1, -0.05) is 0 Å². The van der Waals surface area contributed by atoms with Crippen LogP contribution >= 0.6 is 22.6 Å². The molecule has 0 saturated heterocycles. The van der Waals surface area contributed by atoms with E-state index in [-0.39, 0.29) is 24.0 Å². The van der Waals surface area contributed by atoms with E-state index in [4.69, 9.17) is 0 Å². The first-order chi connectivity index (χ1) is 6.38. The molecule has 1 aliphatic heterocycles. The first-order valence-electron chi connectivity index (χ1n) is 3.64. The molecule has 0 fully saturated rings. The van der Waals surface area contributed by atoms with Crippen molar-refractivity contribution < 1.29 is 29.1 Å². The molecule has 0 atom stereocenters. The fourth-order valence-corrected chi connectivity index (χ4v) is 1.48. The summed E-state index contributed by atoms with van der Waals surface area (Å²) in [7, 11) is 0. The number of nitrogens with one attached hydrogen (secondary N) is 1. The van der Waals surface area contributed by atoms with Crippen molar-refractivity contribution in [2.75, 3.05) is 0 Å². The van der Waals surface area contributed by atoms with E-state index in [1.165, 1.54) is 6.34 Å². The predicted molar refractivity (Wildman–Crippen MR) is 58.7 cm³/mol. The summed E-state index contributed by atoms with van der Waals surface area (Å²) in [6, 6.07) is 1.90. The summed E-state index contributed by atoms with van der Waals surface area (Å²) in [6.07, 6.45) is 6.99. The number of halogens is 2. The smallest absolute Gasteiger partial charge is 0.208 e. The molecule has 1 aromatic heterocycles. The molecule has 2 heterocycles. The average Bonchev–Trinajstić information content (AvgIpc) is 2.56. The van der Waals surface area contributed by atoms with Gasteiger partial charge in [0.15, 0.2) is 6.20 Å². The lowest BCUT2D eigenvalue weighted by atomic mass is 10.5. The Hall–Kier alpha value is -0.470. The Morgan fingerprint density at radius 3 is 3.07 bits per heavy atom. The van der Waals surface area contributed by atoms with Gasteiger partial charge in [0.05, 0.1) is 9.78 Å². The highest BCUT2D eigenvalue weighted by atomic mass is 127. The molecule has 0 saturated carbocycles. The molecule has 0 radical (unpaired) electrons. The molecule has 0 aliphatic carbocycles. The van der Waals surface area contributed by atoms with Crippen LogP contribution in [0.2, 0.25) is 0 Å². The number of hydrogen-bond donors (Lipinski definition) is 0. The minimum atomic E-state index is 0. The summed E-state index contributed by atoms with van der Waals surface area (Å²) in [5, 5.41) is 3.02. The van der Waals surface area contributed by atoms with Crippen molar-refractivity contribution in [3.8, 4) is 0 Å². The quantitative estimate of drug-likeness (QED) is 0.486. The van der Waals surface area contributed by atoms with E-state index in [2.05, 4.69) is 43.5 Å². The highest BCUT2D eigenvalue weighted by Gasteiger charge is 2.07. The Bertz CT molecular complexity index is 424. The molecule has 6 heteroatoms. The highest BCUT2D eigenvalue weighted by Crippen LogP contribution is 2.18. The number of hydrogen-bond acceptors (Lipinski definition) is 2. The number of aliphatic imine (C=N–C) groups is 2. The number of rotatable bonds is 1. The average molecular weight is 412 g/mol. The number of allylic oxidation sites excluding steroid dienone is 2. The summed E-state index contributed by atoms with van der Waals surface area (Å²) >= 11 is 2.19. The molecule has 1 aromatic rings. The van der Waals surface area contributed by atoms with Gasteiger partial charge in [0.1, 0.15) is 6.34 Å². The molecule has 0 unspecified atom stereocenters. The van der Waals surface area contributed by atoms with Gasteiger partial charge in [-0.15, -0.1) is 9.78 Å². The van der Waals surface area contributed by atoms with Gasteiger partial charge in [-0.2, -0.15) is 4.99 Å². The van der Waals surface area contributed by atoms with Gasteiger partial charge in [-0.25, -0.2) is 4.99 Å². The molecular weight excluding hydrogens is 406 g/mol. The number of H-pyrrole nitrogens is 1. The number of aromatic nitrogens is 2. The molecule has 0 amide bonds. The summed E-state index contributed by atoms with van der Waals surface area (Å²) < 4.78 is 2.81. The molecule has 0 spiro atoms. The lowest BCUT2D eigenvalue weighted by Gasteiger charge is -1.96. The summed E-state index contributed by atoms with van der Waals surface area (Å²) in [5.41, 5.74) is 0. The van der Waals surface area contributed by atoms with Crippen LogP contribution in [0.1, 0.15) is 0 Å². The maximum atomic E-state index is 4.17. The van der Waals surface area contributed by atoms with Gasteiger partial charge in [-0.05, 0) is 28.5 Å². The normalized spacial score (nSPS) is 14.1. The zero-order chi connectivity index (χ0) is 9.10. The van der Waals surface area contributed by atoms with E-state index in [1.807, 2.05) is 23.1 Å². The minimum absolute atomic E-state index is 0. The van der Waals surface area contributed by atoms with Crippen LogP contribution < -0.4 is 29.1 Å². The molecule has 1 aliphatic rings. The Labute approximate surface area is 112 Å². The van der Waals surface area contributed by atoms with Crippen molar-refractivity contribution >= 4 is 40.6 Å². The van der Waals surface area contributed by atoms with Crippen LogP contribution in [0.4, 0.5) is 0 Å². The van der Waals surface area contributed by atoms with Crippen LogP contribution in [0.5, 0.6) is 0 Å². The Balaban J connectivity index is 0.000000980. The third-order valence-corrected chi connectivity index (χ3v) is 2.28. The second-order valence-corrected chi connectivity index (χ2v) is 3.49. The third kappa shape index (κ3) is 2.52. The predicted octanol–water partition coefficient (Wildman–Crippen LogP) is -1.86. The van der Waals surface area contributed by atoms with Crippen LogP contribution in [-0.2, 0) is 0 Å². The van der Waals surface area contributed by atoms with Crippen LogP contribution in [0.25, 0.3) is 5.82 Å². The maximum Gasteiger partial charge on any atom is 0.208 e. The first kappa shape index (κ1) is 11.6. The number of aromatic amines is 1. The SMILES string of the molecule is IC1=C(n2ccc[nH+]2)N=CN=C=C1.[I-]. The van der Waals surface area contributed by atoms with Crippen molar-refractivity contribution in [1.29, 1.82) is 0 Å². The monoisotopic (exact) mass is 412 g/mol. The van der Waals surface area contributed by atoms with E-state index < -0.39 is 0 Å². The van der Waals surface area contributed by atoms with E-state index >= 15 is 0 Å². The van der Waals surface area contributed by atoms with Crippen molar-refractivity contribution in [2.45, 2.75) is 0 Å². The fraction of sp³-hybridized carbons (Fsp3) is 0. The standard InChI is InChI=1S/C8H5IN4.HI/c9-7-2-4-10-6-11-8(7)13-5-1-3-12-13;/h1-3,5-6H;1H. The number of nitrogens with zero attached hydrogens (tertiary/aromatic N) is 3. The largest absolute Gasteiger partial charge is 1.00 e. The van der Waals surface area contributed by atoms with Gasteiger partial charge in [0.2, 0.25) is 5.82 Å². The zero-order valence-electron chi connectivity index (χ0n) is 6.98. The Morgan fingerprint density at radius 2 is 2.36 bits per heavy atom. The highest BCUT2D eigenvalue weighted by molar-refractivity contribution is 14.1. The van der Waals surface area contributed by atoms with Crippen LogP contribution in [-0.4, -0.2) is 16.9 Å². The van der Waals surface area contributed by atoms with Crippen molar-refractivity contribution in [3.05, 3.63) is 28.1 Å². The van der Waals surface area contributed by atoms with Gasteiger partial charge >= 0.3 is 0 Å². The minimum Gasteiger partial charge on any atom is -1.00 e. The zero-order valence-corrected chi connectivity index (χ0v) is 11.3. The summed E-state index contributed by atoms with van der Waals surface area (Å²) in [5.74, 6) is 3.57. The van der Waals surface area contributed by atoms with Crippen molar-refractivity contribution in [1.82, 2.24) is 4.68 Å². The Kier molecular flexibility index (Phi) is 4.49. The summed E-state index contributed by atoms with van der Waals surface area (Å²) in [4.78, 5) is 7.98. The molecule has 4 nitrogen and oxygen atoms in total. The van der Waals surface area contributed by atoms with Crippen molar-refractivity contribution in [2.24, 2.45) is 9.98 Å². The molecule has 0 aromatic carbocycles. The van der Waals surface area contributed by atoms with Gasteiger partial charge in [0.25, 0.3) is 0 Å². The van der Waals surface area contributed by atoms with Crippen LogP contribution in [0.3, 0.4) is 0 Å². The fourth-order valence-electron chi connectivity index (χ4n) is 0.942. The van der Waals surface area contributed by atoms with E-state index in [1.54, 1.807) is 6.08 Å². The third-order valence-electron chi connectivity index (χ3n) is 1.49. The lowest BCUT2D eigenvalue weighted by molar-refractivity contribution is -0.472. The second-order valence-electron chi connectivity index (χ2n) is 2.33. The summed E-state index contributed by atoms with van der Waals surface area (Å²) in [6.45, 7) is 0. The molecule has 0 bridgehead atoms. The van der Waals surface area contributed by atoms with E-state index in [9.17, 15) is 0 Å². The molecule has 2 rings (SSSR count). The van der Waals surface area contributed by atoms with E-state index in [0.717, 1.165) is 9.40 Å². The second kappa shape index (κ2) is 5.42. The first-order valence-corrected chi connectivity index (χ1v) is 4.72. The van der Waals surface area contributed by atoms with Gasteiger partial charge in [-0.3, -0.25) is 0 Å². The van der Waals surface area contributed by atoms with Crippen LogP contribution in [0.15, 0.2) is 38.1 Å². The van der Waals surface area contributed by atoms with Gasteiger partial charge < -0.3 is 24.0 Å². The molecule has 14 heavy (non-hydrogen) atoms. The maximum absolute atomic E-state index is 4.17. The topological polar surface area (TPSA) is 43.8 Å². The molecule has 72 valence electrons. The molecular formula is C8H6I2N4. The van der Waals surface area contributed by atoms with Gasteiger partial charge in [0, 0.05) is 12.1 Å².